The summed E-state index contributed by atoms with van der Waals surface area (Å²) in [5.74, 6) is 0. The van der Waals surface area contributed by atoms with Gasteiger partial charge in [0, 0.05) is 6.61 Å². The Bertz CT molecular complexity index is 424. The van der Waals surface area contributed by atoms with Crippen LogP contribution < -0.4 is 10.6 Å². The van der Waals surface area contributed by atoms with Gasteiger partial charge >= 0.3 is 6.03 Å². The quantitative estimate of drug-likeness (QED) is 0.754. The zero-order valence-electron chi connectivity index (χ0n) is 11.7. The molecule has 110 valence electrons. The van der Waals surface area contributed by atoms with Crippen molar-refractivity contribution in [2.75, 3.05) is 13.2 Å². The number of ether oxygens (including phenoxy) is 1. The second-order valence-corrected chi connectivity index (χ2v) is 5.16. The standard InChI is InChI=1S/C15H22N2O3/c1-11-14(7-8-20-11)17-15(19)16-13(10-18)9-12-5-3-2-4-6-12/h2-6,11,13-14,18H,7-10H2,1H3,(H2,16,17,19)/t11-,13+,14-/m1/s1. The van der Waals surface area contributed by atoms with Crippen LogP contribution in [0.4, 0.5) is 4.79 Å². The molecule has 3 N–H and O–H groups in total. The highest BCUT2D eigenvalue weighted by atomic mass is 16.5. The van der Waals surface area contributed by atoms with E-state index in [-0.39, 0.29) is 30.8 Å². The first-order chi connectivity index (χ1) is 9.69. The Kier molecular flexibility index (Phi) is 5.38. The summed E-state index contributed by atoms with van der Waals surface area (Å²) in [6.45, 7) is 2.55. The molecule has 0 spiro atoms. The second-order valence-electron chi connectivity index (χ2n) is 5.16. The monoisotopic (exact) mass is 278 g/mol. The molecule has 3 atom stereocenters. The normalized spacial score (nSPS) is 23.3. The van der Waals surface area contributed by atoms with Crippen LogP contribution in [0.2, 0.25) is 0 Å². The van der Waals surface area contributed by atoms with Crippen LogP contribution >= 0.6 is 0 Å². The van der Waals surface area contributed by atoms with E-state index in [1.165, 1.54) is 0 Å². The third kappa shape index (κ3) is 4.21. The van der Waals surface area contributed by atoms with Crippen LogP contribution in [0.3, 0.4) is 0 Å². The van der Waals surface area contributed by atoms with Crippen LogP contribution in [0.25, 0.3) is 0 Å². The summed E-state index contributed by atoms with van der Waals surface area (Å²) in [7, 11) is 0. The Morgan fingerprint density at radius 3 is 2.80 bits per heavy atom. The zero-order chi connectivity index (χ0) is 14.4. The number of carbonyl (C=O) groups excluding carboxylic acids is 1. The minimum Gasteiger partial charge on any atom is -0.394 e. The molecular weight excluding hydrogens is 256 g/mol. The molecule has 5 nitrogen and oxygen atoms in total. The topological polar surface area (TPSA) is 70.6 Å². The van der Waals surface area contributed by atoms with Crippen molar-refractivity contribution in [3.05, 3.63) is 35.9 Å². The van der Waals surface area contributed by atoms with E-state index >= 15 is 0 Å². The van der Waals surface area contributed by atoms with E-state index in [1.807, 2.05) is 37.3 Å². The van der Waals surface area contributed by atoms with Crippen molar-refractivity contribution in [2.45, 2.75) is 38.0 Å². The van der Waals surface area contributed by atoms with Gasteiger partial charge in [0.05, 0.1) is 24.8 Å². The van der Waals surface area contributed by atoms with Gasteiger partial charge in [-0.3, -0.25) is 0 Å². The number of hydrogen-bond donors (Lipinski definition) is 3. The molecule has 1 aromatic rings. The molecule has 0 radical (unpaired) electrons. The van der Waals surface area contributed by atoms with Crippen LogP contribution in [0, 0.1) is 0 Å². The molecule has 1 saturated heterocycles. The van der Waals surface area contributed by atoms with E-state index in [9.17, 15) is 9.90 Å². The van der Waals surface area contributed by atoms with Gasteiger partial charge in [-0.15, -0.1) is 0 Å². The van der Waals surface area contributed by atoms with Gasteiger partial charge in [0.2, 0.25) is 0 Å². The van der Waals surface area contributed by atoms with Crippen molar-refractivity contribution in [3.63, 3.8) is 0 Å². The first kappa shape index (κ1) is 14.8. The van der Waals surface area contributed by atoms with Gasteiger partial charge < -0.3 is 20.5 Å². The van der Waals surface area contributed by atoms with Crippen LogP contribution in [-0.4, -0.2) is 42.5 Å². The SMILES string of the molecule is C[C@H]1OCC[C@H]1NC(=O)N[C@H](CO)Cc1ccccc1. The van der Waals surface area contributed by atoms with Crippen molar-refractivity contribution in [1.29, 1.82) is 0 Å². The minimum absolute atomic E-state index is 0.0439. The number of aliphatic hydroxyl groups excluding tert-OH is 1. The molecule has 1 aliphatic rings. The lowest BCUT2D eigenvalue weighted by Gasteiger charge is -2.20. The van der Waals surface area contributed by atoms with E-state index in [1.54, 1.807) is 0 Å². The summed E-state index contributed by atoms with van der Waals surface area (Å²) >= 11 is 0. The predicted molar refractivity (Wildman–Crippen MR) is 76.5 cm³/mol. The van der Waals surface area contributed by atoms with E-state index in [0.29, 0.717) is 13.0 Å². The maximum absolute atomic E-state index is 11.9. The van der Waals surface area contributed by atoms with E-state index < -0.39 is 0 Å². The van der Waals surface area contributed by atoms with Gasteiger partial charge in [-0.2, -0.15) is 0 Å². The Morgan fingerprint density at radius 2 is 2.20 bits per heavy atom. The Hall–Kier alpha value is -1.59. The molecule has 0 aliphatic carbocycles. The Morgan fingerprint density at radius 1 is 1.45 bits per heavy atom. The van der Waals surface area contributed by atoms with E-state index in [0.717, 1.165) is 12.0 Å². The maximum atomic E-state index is 11.9. The molecule has 2 rings (SSSR count). The summed E-state index contributed by atoms with van der Waals surface area (Å²) in [4.78, 5) is 11.9. The number of aliphatic hydroxyl groups is 1. The molecule has 0 saturated carbocycles. The third-order valence-electron chi connectivity index (χ3n) is 3.57. The fourth-order valence-electron chi connectivity index (χ4n) is 2.38. The molecule has 2 amide bonds. The number of amides is 2. The summed E-state index contributed by atoms with van der Waals surface area (Å²) < 4.78 is 5.40. The van der Waals surface area contributed by atoms with Crippen LogP contribution in [0.15, 0.2) is 30.3 Å². The smallest absolute Gasteiger partial charge is 0.315 e. The van der Waals surface area contributed by atoms with Crippen LogP contribution in [0.5, 0.6) is 0 Å². The molecule has 1 heterocycles. The maximum Gasteiger partial charge on any atom is 0.315 e. The number of benzene rings is 1. The molecule has 1 aliphatic heterocycles. The van der Waals surface area contributed by atoms with Crippen molar-refractivity contribution in [3.8, 4) is 0 Å². The number of rotatable bonds is 5. The zero-order valence-corrected chi connectivity index (χ0v) is 11.7. The Balaban J connectivity index is 1.81. The number of carbonyl (C=O) groups is 1. The lowest BCUT2D eigenvalue weighted by atomic mass is 10.1. The van der Waals surface area contributed by atoms with Crippen LogP contribution in [0.1, 0.15) is 18.9 Å². The Labute approximate surface area is 119 Å². The molecule has 0 unspecified atom stereocenters. The largest absolute Gasteiger partial charge is 0.394 e. The van der Waals surface area contributed by atoms with Gasteiger partial charge in [-0.05, 0) is 25.3 Å². The summed E-state index contributed by atoms with van der Waals surface area (Å²) in [6.07, 6.45) is 1.49. The first-order valence-corrected chi connectivity index (χ1v) is 7.02. The molecule has 0 aromatic heterocycles. The fourth-order valence-corrected chi connectivity index (χ4v) is 2.38. The predicted octanol–water partition coefficient (Wildman–Crippen LogP) is 1.07. The van der Waals surface area contributed by atoms with Gasteiger partial charge in [-0.25, -0.2) is 4.79 Å². The lowest BCUT2D eigenvalue weighted by Crippen LogP contribution is -2.49. The summed E-state index contributed by atoms with van der Waals surface area (Å²) in [5.41, 5.74) is 1.09. The highest BCUT2D eigenvalue weighted by Crippen LogP contribution is 2.12. The molecule has 0 bridgehead atoms. The molecular formula is C15H22N2O3. The van der Waals surface area contributed by atoms with Gasteiger partial charge in [0.15, 0.2) is 0 Å². The van der Waals surface area contributed by atoms with E-state index in [2.05, 4.69) is 10.6 Å². The fraction of sp³-hybridized carbons (Fsp3) is 0.533. The van der Waals surface area contributed by atoms with Crippen molar-refractivity contribution in [2.24, 2.45) is 0 Å². The molecule has 1 fully saturated rings. The molecule has 1 aromatic carbocycles. The second kappa shape index (κ2) is 7.26. The highest BCUT2D eigenvalue weighted by Gasteiger charge is 2.26. The average molecular weight is 278 g/mol. The van der Waals surface area contributed by atoms with Crippen molar-refractivity contribution >= 4 is 6.03 Å². The van der Waals surface area contributed by atoms with Gasteiger partial charge in [0.25, 0.3) is 0 Å². The molecule has 5 heteroatoms. The van der Waals surface area contributed by atoms with Crippen LogP contribution in [-0.2, 0) is 11.2 Å². The number of nitrogens with one attached hydrogen (secondary N) is 2. The number of urea groups is 1. The van der Waals surface area contributed by atoms with E-state index in [4.69, 9.17) is 4.74 Å². The average Bonchev–Trinajstić information content (AvgIpc) is 2.84. The number of hydrogen-bond acceptors (Lipinski definition) is 3. The first-order valence-electron chi connectivity index (χ1n) is 7.02. The highest BCUT2D eigenvalue weighted by molar-refractivity contribution is 5.74. The summed E-state index contributed by atoms with van der Waals surface area (Å²) in [6, 6.07) is 9.31. The van der Waals surface area contributed by atoms with Crippen molar-refractivity contribution < 1.29 is 14.6 Å². The minimum atomic E-state index is -0.282. The van der Waals surface area contributed by atoms with Gasteiger partial charge in [0.1, 0.15) is 0 Å². The molecule has 20 heavy (non-hydrogen) atoms. The van der Waals surface area contributed by atoms with Crippen molar-refractivity contribution in [1.82, 2.24) is 10.6 Å². The van der Waals surface area contributed by atoms with Gasteiger partial charge in [-0.1, -0.05) is 30.3 Å². The third-order valence-corrected chi connectivity index (χ3v) is 3.57. The summed E-state index contributed by atoms with van der Waals surface area (Å²) in [5, 5.41) is 15.1. The lowest BCUT2D eigenvalue weighted by molar-refractivity contribution is 0.114.